The van der Waals surface area contributed by atoms with Gasteiger partial charge in [-0.1, -0.05) is 18.2 Å². The van der Waals surface area contributed by atoms with Crippen LogP contribution in [0.5, 0.6) is 0 Å². The number of aliphatic carboxylic acids is 1. The third kappa shape index (κ3) is 11.4. The van der Waals surface area contributed by atoms with E-state index in [-0.39, 0.29) is 0 Å². The second-order valence-electron chi connectivity index (χ2n) is 6.16. The number of aliphatic hydroxyl groups excluding tert-OH is 1. The standard InChI is InChI=1S/C20H22O3.C2HF3O2/c1-15(13-21)7-5-6-8-18(4)20-12-17(3)11-19(23-20)10-9-16(2)14-22;3-2(4,5)1(6)7/h5-14H,1-4H3;(H,6,7)/b6-5+,10-9+,15-7+,16-14+,18-8+;. The first-order chi connectivity index (χ1) is 13.9. The van der Waals surface area contributed by atoms with E-state index in [2.05, 4.69) is 0 Å². The van der Waals surface area contributed by atoms with Crippen molar-refractivity contribution < 1.29 is 37.4 Å². The summed E-state index contributed by atoms with van der Waals surface area (Å²) in [5.41, 5.74) is 3.49. The quantitative estimate of drug-likeness (QED) is 0.234. The van der Waals surface area contributed by atoms with E-state index in [1.165, 1.54) is 0 Å². The molecule has 0 aliphatic carbocycles. The van der Waals surface area contributed by atoms with Crippen molar-refractivity contribution in [1.82, 2.24) is 0 Å². The van der Waals surface area contributed by atoms with Gasteiger partial charge in [0.15, 0.2) is 0 Å². The number of carboxylic acids is 1. The molecule has 5 nitrogen and oxygen atoms in total. The van der Waals surface area contributed by atoms with Crippen LogP contribution in [-0.4, -0.2) is 23.5 Å². The topological polar surface area (TPSA) is 88.7 Å². The van der Waals surface area contributed by atoms with Gasteiger partial charge in [0.1, 0.15) is 12.3 Å². The van der Waals surface area contributed by atoms with Crippen molar-refractivity contribution in [2.24, 2.45) is 0 Å². The summed E-state index contributed by atoms with van der Waals surface area (Å²) in [6.45, 7) is 7.53. The molecule has 1 N–H and O–H groups in total. The van der Waals surface area contributed by atoms with Crippen LogP contribution < -0.4 is 5.11 Å². The molecule has 0 amide bonds. The number of halogens is 3. The van der Waals surface area contributed by atoms with Crippen LogP contribution in [0.25, 0.3) is 11.6 Å². The first-order valence-corrected chi connectivity index (χ1v) is 8.60. The Hall–Kier alpha value is -3.42. The maximum atomic E-state index is 10.5. The number of aldehydes is 1. The minimum atomic E-state index is -5.19. The Kier molecular flexibility index (Phi) is 11.5. The molecule has 1 aromatic rings. The summed E-state index contributed by atoms with van der Waals surface area (Å²) in [5.74, 6) is -1.52. The van der Waals surface area contributed by atoms with Crippen LogP contribution in [0.15, 0.2) is 64.3 Å². The van der Waals surface area contributed by atoms with Crippen LogP contribution in [-0.2, 0) is 9.59 Å². The number of carbonyl (C=O) groups excluding carboxylic acids is 2. The van der Waals surface area contributed by atoms with Crippen molar-refractivity contribution >= 4 is 23.9 Å². The summed E-state index contributed by atoms with van der Waals surface area (Å²) in [6.07, 6.45) is 7.65. The van der Waals surface area contributed by atoms with Gasteiger partial charge in [-0.3, -0.25) is 4.79 Å². The number of aryl methyl sites for hydroxylation is 1. The second-order valence-corrected chi connectivity index (χ2v) is 6.16. The summed E-state index contributed by atoms with van der Waals surface area (Å²) in [6, 6.07) is 3.90. The number of hydrogen-bond acceptors (Lipinski definition) is 4. The van der Waals surface area contributed by atoms with Gasteiger partial charge >= 0.3 is 17.7 Å². The summed E-state index contributed by atoms with van der Waals surface area (Å²) >= 11 is 0. The Morgan fingerprint density at radius 2 is 1.67 bits per heavy atom. The molecule has 0 saturated carbocycles. The van der Waals surface area contributed by atoms with Crippen molar-refractivity contribution in [3.05, 3.63) is 77.0 Å². The molecule has 8 heteroatoms. The summed E-state index contributed by atoms with van der Waals surface area (Å²) in [4.78, 5) is 19.3. The largest absolute Gasteiger partial charge is 0.542 e. The maximum absolute atomic E-state index is 10.5. The highest BCUT2D eigenvalue weighted by Crippen LogP contribution is 2.19. The number of alkyl halides is 3. The molecule has 0 fully saturated rings. The smallest absolute Gasteiger partial charge is 0.430 e. The number of carboxylic acid groups (broad SMARTS) is 1. The average Bonchev–Trinajstić information content (AvgIpc) is 2.68. The molecule has 0 spiro atoms. The van der Waals surface area contributed by atoms with Crippen LogP contribution >= 0.6 is 0 Å². The fraction of sp³-hybridized carbons (Fsp3) is 0.227. The lowest BCUT2D eigenvalue weighted by molar-refractivity contribution is -0.344. The monoisotopic (exact) mass is 424 g/mol. The fourth-order valence-electron chi connectivity index (χ4n) is 1.72. The third-order valence-electron chi connectivity index (χ3n) is 3.29. The maximum Gasteiger partial charge on any atom is 0.430 e. The number of hydrogen-bond donors (Lipinski definition) is 1. The van der Waals surface area contributed by atoms with Gasteiger partial charge in [-0.15, -0.1) is 0 Å². The zero-order valence-corrected chi connectivity index (χ0v) is 17.0. The predicted molar refractivity (Wildman–Crippen MR) is 107 cm³/mol. The lowest BCUT2D eigenvalue weighted by Crippen LogP contribution is -2.37. The first-order valence-electron chi connectivity index (χ1n) is 8.60. The molecule has 0 bridgehead atoms. The number of carbonyl (C=O) groups is 2. The molecule has 30 heavy (non-hydrogen) atoms. The summed E-state index contributed by atoms with van der Waals surface area (Å²) in [7, 11) is 0. The Bertz CT molecular complexity index is 889. The van der Waals surface area contributed by atoms with Crippen molar-refractivity contribution in [2.75, 3.05) is 0 Å². The Morgan fingerprint density at radius 1 is 1.10 bits per heavy atom. The van der Waals surface area contributed by atoms with Crippen LogP contribution in [0.3, 0.4) is 0 Å². The van der Waals surface area contributed by atoms with E-state index >= 15 is 0 Å². The van der Waals surface area contributed by atoms with E-state index in [1.807, 2.05) is 50.3 Å². The lowest BCUT2D eigenvalue weighted by Gasteiger charge is -2.03. The minimum absolute atomic E-state index is 0.673. The molecule has 0 aromatic carbocycles. The van der Waals surface area contributed by atoms with Gasteiger partial charge in [0.2, 0.25) is 0 Å². The summed E-state index contributed by atoms with van der Waals surface area (Å²) < 4.78 is 37.4. The normalized spacial score (nSPS) is 13.4. The van der Waals surface area contributed by atoms with E-state index in [1.54, 1.807) is 26.0 Å². The molecule has 0 atom stereocenters. The highest BCUT2D eigenvalue weighted by Gasteiger charge is 2.28. The Morgan fingerprint density at radius 3 is 2.17 bits per heavy atom. The Balaban J connectivity index is 0.00000103. The fourth-order valence-corrected chi connectivity index (χ4v) is 1.72. The zero-order chi connectivity index (χ0) is 23.3. The lowest BCUT2D eigenvalue weighted by atomic mass is 10.1. The van der Waals surface area contributed by atoms with Crippen molar-refractivity contribution in [3.8, 4) is 0 Å². The summed E-state index contributed by atoms with van der Waals surface area (Å²) in [5, 5.41) is 17.7. The van der Waals surface area contributed by atoms with E-state index < -0.39 is 12.1 Å². The molecular formula is C22H23F3O5. The van der Waals surface area contributed by atoms with E-state index in [4.69, 9.17) is 19.4 Å². The first kappa shape index (κ1) is 26.6. The van der Waals surface area contributed by atoms with Gasteiger partial charge in [0, 0.05) is 18.2 Å². The van der Waals surface area contributed by atoms with Gasteiger partial charge in [-0.2, -0.15) is 13.2 Å². The Labute approximate surface area is 172 Å². The van der Waals surface area contributed by atoms with E-state index in [0.717, 1.165) is 40.8 Å². The van der Waals surface area contributed by atoms with Gasteiger partial charge in [-0.25, -0.2) is 4.42 Å². The van der Waals surface area contributed by atoms with Crippen molar-refractivity contribution in [2.45, 2.75) is 33.9 Å². The number of allylic oxidation sites excluding steroid dienone is 8. The molecule has 0 aliphatic rings. The molecular weight excluding hydrogens is 401 g/mol. The van der Waals surface area contributed by atoms with E-state index in [9.17, 15) is 18.0 Å². The molecule has 1 heterocycles. The second kappa shape index (κ2) is 12.9. The van der Waals surface area contributed by atoms with Gasteiger partial charge in [-0.05, 0) is 56.6 Å². The third-order valence-corrected chi connectivity index (χ3v) is 3.29. The average molecular weight is 424 g/mol. The van der Waals surface area contributed by atoms with Crippen LogP contribution in [0.1, 0.15) is 37.9 Å². The molecule has 1 rings (SSSR count). The van der Waals surface area contributed by atoms with Gasteiger partial charge < -0.3 is 15.0 Å². The SMILES string of the molecule is C\C(C=O)=C/C=C/C=C(\C)c1cc(C)cc(/C=C/C(C)=C/O)[o+]1.O=C([O-])C(F)(F)F. The molecule has 1 aromatic heterocycles. The molecule has 162 valence electrons. The van der Waals surface area contributed by atoms with E-state index in [0.29, 0.717) is 5.57 Å². The van der Waals surface area contributed by atoms with Crippen molar-refractivity contribution in [3.63, 3.8) is 0 Å². The number of rotatable bonds is 6. The zero-order valence-electron chi connectivity index (χ0n) is 17.0. The molecule has 0 radical (unpaired) electrons. The minimum Gasteiger partial charge on any atom is -0.542 e. The van der Waals surface area contributed by atoms with Crippen LogP contribution in [0.2, 0.25) is 0 Å². The van der Waals surface area contributed by atoms with Gasteiger partial charge in [0.05, 0.1) is 11.8 Å². The van der Waals surface area contributed by atoms with Crippen LogP contribution in [0.4, 0.5) is 13.2 Å². The predicted octanol–water partition coefficient (Wildman–Crippen LogP) is 4.75. The molecule has 0 aliphatic heterocycles. The number of aliphatic hydroxyl groups is 1. The van der Waals surface area contributed by atoms with Gasteiger partial charge in [0.25, 0.3) is 0 Å². The van der Waals surface area contributed by atoms with Crippen LogP contribution in [0, 0.1) is 6.92 Å². The highest BCUT2D eigenvalue weighted by molar-refractivity contribution is 5.72. The van der Waals surface area contributed by atoms with Crippen molar-refractivity contribution in [1.29, 1.82) is 0 Å². The highest BCUT2D eigenvalue weighted by atomic mass is 19.4. The molecule has 0 saturated heterocycles. The molecule has 0 unspecified atom stereocenters.